The van der Waals surface area contributed by atoms with Gasteiger partial charge in [-0.25, -0.2) is 0 Å². The molecule has 0 aliphatic rings. The highest BCUT2D eigenvalue weighted by atomic mass is 16.5. The molecule has 1 rings (SSSR count). The van der Waals surface area contributed by atoms with Gasteiger partial charge >= 0.3 is 0 Å². The first-order valence-corrected chi connectivity index (χ1v) is 6.28. The molecular formula is C14H22N2O2. The maximum atomic E-state index is 11.7. The first kappa shape index (κ1) is 14.7. The van der Waals surface area contributed by atoms with Crippen LogP contribution in [0.1, 0.15) is 12.5 Å². The van der Waals surface area contributed by atoms with Crippen LogP contribution in [-0.4, -0.2) is 44.2 Å². The Balaban J connectivity index is 2.35. The van der Waals surface area contributed by atoms with Crippen molar-refractivity contribution in [2.45, 2.75) is 13.5 Å². The summed E-state index contributed by atoms with van der Waals surface area (Å²) in [5, 5.41) is 2.83. The smallest absolute Gasteiger partial charge is 0.234 e. The fraction of sp³-hybridized carbons (Fsp3) is 0.500. The molecule has 0 aliphatic carbocycles. The van der Waals surface area contributed by atoms with Crippen LogP contribution in [0, 0.1) is 0 Å². The number of benzene rings is 1. The third kappa shape index (κ3) is 5.80. The quantitative estimate of drug-likeness (QED) is 0.707. The van der Waals surface area contributed by atoms with E-state index in [1.165, 1.54) is 5.56 Å². The molecule has 4 heteroatoms. The van der Waals surface area contributed by atoms with E-state index in [1.54, 1.807) is 7.11 Å². The third-order valence-corrected chi connectivity index (χ3v) is 2.69. The lowest BCUT2D eigenvalue weighted by Gasteiger charge is -2.19. The molecule has 18 heavy (non-hydrogen) atoms. The number of methoxy groups -OCH3 is 1. The summed E-state index contributed by atoms with van der Waals surface area (Å²) >= 11 is 0. The third-order valence-electron chi connectivity index (χ3n) is 2.69. The van der Waals surface area contributed by atoms with E-state index in [1.807, 2.05) is 18.2 Å². The van der Waals surface area contributed by atoms with Gasteiger partial charge in [0.2, 0.25) is 5.91 Å². The standard InChI is InChI=1S/C14H22N2O2/c1-3-16(11-13-7-5-4-6-8-13)12-14(17)15-9-10-18-2/h4-8H,3,9-12H2,1-2H3,(H,15,17). The molecule has 0 radical (unpaired) electrons. The predicted molar refractivity (Wildman–Crippen MR) is 72.3 cm³/mol. The van der Waals surface area contributed by atoms with Crippen molar-refractivity contribution in [2.24, 2.45) is 0 Å². The maximum absolute atomic E-state index is 11.7. The molecule has 0 fully saturated rings. The number of amides is 1. The van der Waals surface area contributed by atoms with Gasteiger partial charge in [0.25, 0.3) is 0 Å². The van der Waals surface area contributed by atoms with Gasteiger partial charge in [-0.2, -0.15) is 0 Å². The minimum Gasteiger partial charge on any atom is -0.383 e. The van der Waals surface area contributed by atoms with Crippen LogP contribution in [0.3, 0.4) is 0 Å². The topological polar surface area (TPSA) is 41.6 Å². The number of likely N-dealkylation sites (N-methyl/N-ethyl adjacent to an activating group) is 1. The minimum atomic E-state index is 0.0461. The predicted octanol–water partition coefficient (Wildman–Crippen LogP) is 1.27. The molecule has 1 aromatic rings. The molecule has 0 bridgehead atoms. The van der Waals surface area contributed by atoms with E-state index in [0.29, 0.717) is 19.7 Å². The molecule has 100 valence electrons. The molecule has 4 nitrogen and oxygen atoms in total. The van der Waals surface area contributed by atoms with Crippen molar-refractivity contribution in [1.82, 2.24) is 10.2 Å². The van der Waals surface area contributed by atoms with Gasteiger partial charge in [0.1, 0.15) is 0 Å². The summed E-state index contributed by atoms with van der Waals surface area (Å²) in [5.41, 5.74) is 1.23. The number of hydrogen-bond donors (Lipinski definition) is 1. The van der Waals surface area contributed by atoms with E-state index >= 15 is 0 Å². The second-order valence-corrected chi connectivity index (χ2v) is 4.13. The largest absolute Gasteiger partial charge is 0.383 e. The van der Waals surface area contributed by atoms with E-state index in [2.05, 4.69) is 29.3 Å². The van der Waals surface area contributed by atoms with Crippen LogP contribution < -0.4 is 5.32 Å². The van der Waals surface area contributed by atoms with Crippen molar-refractivity contribution in [3.05, 3.63) is 35.9 Å². The first-order valence-electron chi connectivity index (χ1n) is 6.28. The summed E-state index contributed by atoms with van der Waals surface area (Å²) in [7, 11) is 1.62. The van der Waals surface area contributed by atoms with Crippen molar-refractivity contribution in [3.63, 3.8) is 0 Å². The Kier molecular flexibility index (Phi) is 7.06. The van der Waals surface area contributed by atoms with Gasteiger partial charge < -0.3 is 10.1 Å². The average Bonchev–Trinajstić information content (AvgIpc) is 2.39. The van der Waals surface area contributed by atoms with Gasteiger partial charge in [-0.15, -0.1) is 0 Å². The molecule has 0 heterocycles. The van der Waals surface area contributed by atoms with Crippen LogP contribution in [0.2, 0.25) is 0 Å². The molecule has 1 N–H and O–H groups in total. The summed E-state index contributed by atoms with van der Waals surface area (Å²) < 4.78 is 4.89. The van der Waals surface area contributed by atoms with Gasteiger partial charge in [0.05, 0.1) is 13.2 Å². The van der Waals surface area contributed by atoms with Crippen molar-refractivity contribution < 1.29 is 9.53 Å². The molecule has 0 saturated heterocycles. The lowest BCUT2D eigenvalue weighted by molar-refractivity contribution is -0.122. The van der Waals surface area contributed by atoms with Gasteiger partial charge in [0.15, 0.2) is 0 Å². The first-order chi connectivity index (χ1) is 8.76. The Morgan fingerprint density at radius 2 is 2.06 bits per heavy atom. The fourth-order valence-corrected chi connectivity index (χ4v) is 1.67. The van der Waals surface area contributed by atoms with Gasteiger partial charge in [-0.05, 0) is 12.1 Å². The van der Waals surface area contributed by atoms with Crippen molar-refractivity contribution in [3.8, 4) is 0 Å². The lowest BCUT2D eigenvalue weighted by atomic mass is 10.2. The highest BCUT2D eigenvalue weighted by molar-refractivity contribution is 5.77. The van der Waals surface area contributed by atoms with E-state index in [0.717, 1.165) is 13.1 Å². The van der Waals surface area contributed by atoms with Crippen LogP contribution in [0.4, 0.5) is 0 Å². The second kappa shape index (κ2) is 8.66. The summed E-state index contributed by atoms with van der Waals surface area (Å²) in [5.74, 6) is 0.0461. The molecule has 0 saturated carbocycles. The zero-order valence-electron chi connectivity index (χ0n) is 11.2. The number of rotatable bonds is 8. The van der Waals surface area contributed by atoms with Crippen molar-refractivity contribution in [2.75, 3.05) is 33.4 Å². The zero-order valence-corrected chi connectivity index (χ0v) is 11.2. The number of nitrogens with one attached hydrogen (secondary N) is 1. The fourth-order valence-electron chi connectivity index (χ4n) is 1.67. The number of ether oxygens (including phenoxy) is 1. The minimum absolute atomic E-state index is 0.0461. The monoisotopic (exact) mass is 250 g/mol. The van der Waals surface area contributed by atoms with E-state index in [4.69, 9.17) is 4.74 Å². The molecular weight excluding hydrogens is 228 g/mol. The Morgan fingerprint density at radius 3 is 2.67 bits per heavy atom. The van der Waals surface area contributed by atoms with Crippen LogP contribution in [0.25, 0.3) is 0 Å². The van der Waals surface area contributed by atoms with Crippen LogP contribution >= 0.6 is 0 Å². The highest BCUT2D eigenvalue weighted by Gasteiger charge is 2.08. The summed E-state index contributed by atoms with van der Waals surface area (Å²) in [6.45, 7) is 5.26. The Bertz CT molecular complexity index is 341. The van der Waals surface area contributed by atoms with Crippen LogP contribution in [0.15, 0.2) is 30.3 Å². The summed E-state index contributed by atoms with van der Waals surface area (Å²) in [6.07, 6.45) is 0. The Hall–Kier alpha value is -1.39. The lowest BCUT2D eigenvalue weighted by Crippen LogP contribution is -2.38. The molecule has 1 aromatic carbocycles. The molecule has 0 aliphatic heterocycles. The molecule has 0 atom stereocenters. The Labute approximate surface area is 109 Å². The maximum Gasteiger partial charge on any atom is 0.234 e. The van der Waals surface area contributed by atoms with Crippen molar-refractivity contribution in [1.29, 1.82) is 0 Å². The molecule has 1 amide bonds. The van der Waals surface area contributed by atoms with E-state index in [9.17, 15) is 4.79 Å². The number of carbonyl (C=O) groups excluding carboxylic acids is 1. The van der Waals surface area contributed by atoms with Crippen LogP contribution in [-0.2, 0) is 16.1 Å². The Morgan fingerprint density at radius 1 is 1.33 bits per heavy atom. The van der Waals surface area contributed by atoms with Gasteiger partial charge in [-0.3, -0.25) is 9.69 Å². The average molecular weight is 250 g/mol. The number of hydrogen-bond acceptors (Lipinski definition) is 3. The van der Waals surface area contributed by atoms with Crippen molar-refractivity contribution >= 4 is 5.91 Å². The zero-order chi connectivity index (χ0) is 13.2. The van der Waals surface area contributed by atoms with E-state index < -0.39 is 0 Å². The van der Waals surface area contributed by atoms with Gasteiger partial charge in [0, 0.05) is 20.2 Å². The highest BCUT2D eigenvalue weighted by Crippen LogP contribution is 2.03. The summed E-state index contributed by atoms with van der Waals surface area (Å²) in [6, 6.07) is 10.2. The normalized spacial score (nSPS) is 10.6. The molecule has 0 aromatic heterocycles. The summed E-state index contributed by atoms with van der Waals surface area (Å²) in [4.78, 5) is 13.8. The van der Waals surface area contributed by atoms with Crippen LogP contribution in [0.5, 0.6) is 0 Å². The second-order valence-electron chi connectivity index (χ2n) is 4.13. The number of carbonyl (C=O) groups is 1. The SMILES string of the molecule is CCN(CC(=O)NCCOC)Cc1ccccc1. The number of nitrogens with zero attached hydrogens (tertiary/aromatic N) is 1. The van der Waals surface area contributed by atoms with E-state index in [-0.39, 0.29) is 5.91 Å². The molecule has 0 spiro atoms. The van der Waals surface area contributed by atoms with Gasteiger partial charge in [-0.1, -0.05) is 37.3 Å². The molecule has 0 unspecified atom stereocenters.